The maximum Gasteiger partial charge on any atom is 0.407 e. The van der Waals surface area contributed by atoms with Crippen LogP contribution in [0, 0.1) is 12.1 Å². The highest BCUT2D eigenvalue weighted by atomic mass is 32.2. The van der Waals surface area contributed by atoms with Crippen molar-refractivity contribution in [1.29, 1.82) is 0 Å². The lowest BCUT2D eigenvalue weighted by Gasteiger charge is -2.42. The molecule has 54 heavy (non-hydrogen) atoms. The normalized spacial score (nSPS) is 21.9. The van der Waals surface area contributed by atoms with E-state index in [2.05, 4.69) is 38.6 Å². The molecule has 4 aliphatic heterocycles. The van der Waals surface area contributed by atoms with Crippen LogP contribution < -0.4 is 21.2 Å². The third-order valence-corrected chi connectivity index (χ3v) is 13.3. The van der Waals surface area contributed by atoms with Gasteiger partial charge in [-0.3, -0.25) is 24.0 Å². The Balaban J connectivity index is 0.935. The van der Waals surface area contributed by atoms with Crippen molar-refractivity contribution in [2.45, 2.75) is 107 Å². The van der Waals surface area contributed by atoms with Crippen molar-refractivity contribution < 1.29 is 27.5 Å². The maximum absolute atomic E-state index is 13.6. The molecule has 3 amide bonds. The molecular formula is C39H51N7O7S. The number of sulfonamides is 1. The molecule has 0 aliphatic carbocycles. The Labute approximate surface area is 316 Å². The fraction of sp³-hybridized carbons (Fsp3) is 0.590. The summed E-state index contributed by atoms with van der Waals surface area (Å²) >= 11 is 0. The summed E-state index contributed by atoms with van der Waals surface area (Å²) in [5.74, 6) is -0.461. The standard InChI is InChI=1S/C39H51N7O7S/c1-39(2,3)53-37(49)40-27-15-23-45(24-16-27)54(51,52)30-8-5-7-29(25-30)44-21-17-28(18-22-44)43-19-13-26(14-20-43)31-9-6-10-32-35(31)42(4)38(50)46(32)33-11-12-34(47)41-36(33)48/h6,8-10,25-28,33H,11-24H2,1-4H3,(H,40,49)(H,41,47,48). The van der Waals surface area contributed by atoms with Crippen LogP contribution in [-0.4, -0.2) is 102 Å². The molecule has 0 saturated carbocycles. The molecule has 290 valence electrons. The van der Waals surface area contributed by atoms with Gasteiger partial charge in [0.1, 0.15) is 11.6 Å². The fourth-order valence-electron chi connectivity index (χ4n) is 8.65. The van der Waals surface area contributed by atoms with Crippen LogP contribution in [0.4, 0.5) is 10.5 Å². The molecule has 1 aromatic heterocycles. The number of hydrogen-bond donors (Lipinski definition) is 2. The van der Waals surface area contributed by atoms with Crippen LogP contribution >= 0.6 is 0 Å². The Morgan fingerprint density at radius 1 is 0.944 bits per heavy atom. The summed E-state index contributed by atoms with van der Waals surface area (Å²) in [6.45, 7) is 9.48. The number of alkyl carbamates (subject to hydrolysis) is 1. The fourth-order valence-corrected chi connectivity index (χ4v) is 10.1. The Morgan fingerprint density at radius 2 is 1.65 bits per heavy atom. The number of rotatable bonds is 7. The summed E-state index contributed by atoms with van der Waals surface area (Å²) in [5.41, 5.74) is 2.60. The molecule has 3 aromatic rings. The van der Waals surface area contributed by atoms with Gasteiger partial charge in [-0.15, -0.1) is 0 Å². The van der Waals surface area contributed by atoms with E-state index in [4.69, 9.17) is 4.74 Å². The van der Waals surface area contributed by atoms with E-state index in [1.165, 1.54) is 10.4 Å². The monoisotopic (exact) mass is 761 g/mol. The van der Waals surface area contributed by atoms with Crippen LogP contribution in [0.5, 0.6) is 0 Å². The first kappa shape index (κ1) is 37.9. The molecule has 7 rings (SSSR count). The van der Waals surface area contributed by atoms with E-state index in [0.717, 1.165) is 74.1 Å². The van der Waals surface area contributed by atoms with E-state index in [0.29, 0.717) is 38.4 Å². The second-order valence-electron chi connectivity index (χ2n) is 16.1. The first-order valence-electron chi connectivity index (χ1n) is 19.1. The average Bonchev–Trinajstić information content (AvgIpc) is 3.40. The molecule has 0 spiro atoms. The zero-order valence-electron chi connectivity index (χ0n) is 31.6. The zero-order chi connectivity index (χ0) is 38.4. The van der Waals surface area contributed by atoms with Crippen molar-refractivity contribution >= 4 is 44.7 Å². The maximum atomic E-state index is 13.6. The number of ether oxygens (including phenoxy) is 1. The summed E-state index contributed by atoms with van der Waals surface area (Å²) in [5, 5.41) is 5.25. The second-order valence-corrected chi connectivity index (χ2v) is 18.0. The number of anilines is 1. The Morgan fingerprint density at radius 3 is 2.31 bits per heavy atom. The van der Waals surface area contributed by atoms with Crippen LogP contribution in [0.3, 0.4) is 0 Å². The zero-order valence-corrected chi connectivity index (χ0v) is 32.4. The summed E-state index contributed by atoms with van der Waals surface area (Å²) in [4.78, 5) is 55.1. The van der Waals surface area contributed by atoms with Crippen molar-refractivity contribution in [3.8, 4) is 0 Å². The van der Waals surface area contributed by atoms with Crippen molar-refractivity contribution in [3.63, 3.8) is 0 Å². The Kier molecular flexibility index (Phi) is 10.6. The number of carbonyl (C=O) groups is 3. The van der Waals surface area contributed by atoms with Gasteiger partial charge in [0.25, 0.3) is 0 Å². The van der Waals surface area contributed by atoms with Gasteiger partial charge in [0, 0.05) is 57.8 Å². The van der Waals surface area contributed by atoms with Gasteiger partial charge in [0.05, 0.1) is 21.6 Å². The number of benzene rings is 1. The molecule has 0 radical (unpaired) electrons. The average molecular weight is 762 g/mol. The Hall–Kier alpha value is -4.39. The topological polar surface area (TPSA) is 155 Å². The molecule has 4 fully saturated rings. The molecule has 5 heterocycles. The first-order valence-corrected chi connectivity index (χ1v) is 20.6. The third kappa shape index (κ3) is 7.74. The molecule has 4 aliphatic rings. The minimum Gasteiger partial charge on any atom is -0.444 e. The summed E-state index contributed by atoms with van der Waals surface area (Å²) in [7, 11) is -1.97. The number of amides is 3. The molecule has 14 nitrogen and oxygen atoms in total. The van der Waals surface area contributed by atoms with E-state index in [9.17, 15) is 27.6 Å². The van der Waals surface area contributed by atoms with Crippen molar-refractivity contribution in [2.75, 3.05) is 44.2 Å². The number of nitrogens with zero attached hydrogens (tertiary/aromatic N) is 5. The molecule has 4 saturated heterocycles. The highest BCUT2D eigenvalue weighted by Crippen LogP contribution is 2.36. The smallest absolute Gasteiger partial charge is 0.407 e. The number of aryl methyl sites for hydroxylation is 1. The number of aromatic nitrogens is 2. The lowest BCUT2D eigenvalue weighted by molar-refractivity contribution is -0.135. The molecular weight excluding hydrogens is 711 g/mol. The molecule has 2 aromatic carbocycles. The number of hydrogen-bond acceptors (Lipinski definition) is 9. The van der Waals surface area contributed by atoms with Crippen molar-refractivity contribution in [1.82, 2.24) is 29.0 Å². The van der Waals surface area contributed by atoms with Crippen LogP contribution in [0.2, 0.25) is 0 Å². The highest BCUT2D eigenvalue weighted by Gasteiger charge is 2.35. The van der Waals surface area contributed by atoms with Crippen LogP contribution in [0.15, 0.2) is 40.0 Å². The number of likely N-dealkylation sites (tertiary alicyclic amines) is 1. The minimum absolute atomic E-state index is 0.145. The summed E-state index contributed by atoms with van der Waals surface area (Å²) in [6.07, 6.45) is 4.85. The largest absolute Gasteiger partial charge is 0.444 e. The number of imidazole rings is 1. The minimum atomic E-state index is -3.73. The molecule has 0 bridgehead atoms. The van der Waals surface area contributed by atoms with Gasteiger partial charge in [0.15, 0.2) is 0 Å². The summed E-state index contributed by atoms with van der Waals surface area (Å²) < 4.78 is 37.3. The van der Waals surface area contributed by atoms with Gasteiger partial charge in [-0.25, -0.2) is 18.0 Å². The van der Waals surface area contributed by atoms with Gasteiger partial charge in [-0.05, 0) is 108 Å². The molecule has 1 atom stereocenters. The first-order chi connectivity index (χ1) is 25.7. The van der Waals surface area contributed by atoms with Gasteiger partial charge in [-0.2, -0.15) is 4.31 Å². The summed E-state index contributed by atoms with van der Waals surface area (Å²) in [6, 6.07) is 14.8. The predicted octanol–water partition coefficient (Wildman–Crippen LogP) is 3.44. The third-order valence-electron chi connectivity index (χ3n) is 11.5. The van der Waals surface area contributed by atoms with Crippen LogP contribution in [0.1, 0.15) is 89.7 Å². The number of imide groups is 1. The SMILES string of the molecule is Cn1c(=O)n(C2CCC(=O)NC2=O)c2cccc(C3CCN(C4CCN(c5c#ccc(S(=O)(=O)N6CCC(NC(=O)OC(C)(C)C)CC6)c5)CC4)CC3)c21. The van der Waals surface area contributed by atoms with Crippen LogP contribution in [-0.2, 0) is 31.4 Å². The van der Waals surface area contributed by atoms with Crippen molar-refractivity contribution in [2.24, 2.45) is 7.05 Å². The number of piperidine rings is 4. The van der Waals surface area contributed by atoms with E-state index in [1.807, 2.05) is 12.1 Å². The Bertz CT molecular complexity index is 2060. The predicted molar refractivity (Wildman–Crippen MR) is 203 cm³/mol. The van der Waals surface area contributed by atoms with Gasteiger partial charge < -0.3 is 19.9 Å². The number of para-hydroxylation sites is 1. The molecule has 1 unspecified atom stereocenters. The van der Waals surface area contributed by atoms with Crippen LogP contribution in [0.25, 0.3) is 11.0 Å². The van der Waals surface area contributed by atoms with E-state index < -0.39 is 33.7 Å². The lowest BCUT2D eigenvalue weighted by Crippen LogP contribution is -2.48. The van der Waals surface area contributed by atoms with Gasteiger partial charge in [0.2, 0.25) is 21.8 Å². The lowest BCUT2D eigenvalue weighted by atomic mass is 9.87. The number of fused-ring (bicyclic) bond motifs is 1. The van der Waals surface area contributed by atoms with E-state index in [-0.39, 0.29) is 34.9 Å². The van der Waals surface area contributed by atoms with Gasteiger partial charge in [-0.1, -0.05) is 18.2 Å². The van der Waals surface area contributed by atoms with Crippen molar-refractivity contribution in [3.05, 3.63) is 58.5 Å². The van der Waals surface area contributed by atoms with E-state index >= 15 is 0 Å². The second kappa shape index (κ2) is 15.0. The molecule has 2 N–H and O–H groups in total. The van der Waals surface area contributed by atoms with Gasteiger partial charge >= 0.3 is 11.8 Å². The number of carbonyl (C=O) groups excluding carboxylic acids is 3. The quantitative estimate of drug-likeness (QED) is 0.345. The number of nitrogens with one attached hydrogen (secondary N) is 2. The molecule has 15 heteroatoms. The van der Waals surface area contributed by atoms with E-state index in [1.54, 1.807) is 43.0 Å². The highest BCUT2D eigenvalue weighted by molar-refractivity contribution is 7.89.